The Hall–Kier alpha value is -4.06. The van der Waals surface area contributed by atoms with Crippen molar-refractivity contribution < 1.29 is 14.4 Å². The minimum absolute atomic E-state index is 0.0271. The van der Waals surface area contributed by atoms with Gasteiger partial charge in [-0.1, -0.05) is 5.16 Å². The van der Waals surface area contributed by atoms with Crippen LogP contribution in [0.5, 0.6) is 0 Å². The molecule has 246 valence electrons. The first kappa shape index (κ1) is 30.3. The molecule has 0 bridgehead atoms. The molecule has 4 aromatic heterocycles. The molecule has 0 unspecified atom stereocenters. The van der Waals surface area contributed by atoms with Gasteiger partial charge in [-0.15, -0.1) is 11.3 Å². The van der Waals surface area contributed by atoms with Crippen LogP contribution in [0.4, 0.5) is 10.8 Å². The van der Waals surface area contributed by atoms with Crippen molar-refractivity contribution in [3.63, 3.8) is 0 Å². The number of hydrogen-bond acceptors (Lipinski definition) is 12. The predicted molar refractivity (Wildman–Crippen MR) is 177 cm³/mol. The van der Waals surface area contributed by atoms with Crippen LogP contribution in [0.25, 0.3) is 22.6 Å². The van der Waals surface area contributed by atoms with Gasteiger partial charge in [0, 0.05) is 23.0 Å². The van der Waals surface area contributed by atoms with E-state index in [4.69, 9.17) is 31.1 Å². The number of aryl methyl sites for hydroxylation is 1. The fraction of sp³-hybridized carbons (Fsp3) is 0.576. The Bertz CT molecular complexity index is 1940. The molecule has 4 aromatic rings. The van der Waals surface area contributed by atoms with Gasteiger partial charge >= 0.3 is 0 Å². The minimum atomic E-state index is -1.66. The number of nitrogen functional groups attached to an aromatic ring is 1. The highest BCUT2D eigenvalue weighted by Crippen LogP contribution is 2.55. The fourth-order valence-corrected chi connectivity index (χ4v) is 10.1. The van der Waals surface area contributed by atoms with Gasteiger partial charge in [0.25, 0.3) is 5.91 Å². The SMILES string of the molecule is C[C@@H]([C@@H]1CCCN1C)n1ncc2c(N3CCC[C@](O)(C(N)=O)C3)nc(-c3noc4c3CCC[C@@]43CCCc4sc(N)c(C#N)c43)nc21. The first-order valence-corrected chi connectivity index (χ1v) is 17.5. The quantitative estimate of drug-likeness (QED) is 0.285. The number of nitrogens with two attached hydrogens (primary N) is 2. The molecule has 0 saturated carbocycles. The number of fused-ring (bicyclic) bond motifs is 5. The number of anilines is 2. The highest BCUT2D eigenvalue weighted by molar-refractivity contribution is 7.16. The Morgan fingerprint density at radius 3 is 2.74 bits per heavy atom. The van der Waals surface area contributed by atoms with Gasteiger partial charge in [-0.2, -0.15) is 10.4 Å². The van der Waals surface area contributed by atoms with Crippen molar-refractivity contribution in [2.24, 2.45) is 5.73 Å². The molecule has 5 N–H and O–H groups in total. The summed E-state index contributed by atoms with van der Waals surface area (Å²) in [6.07, 6.45) is 10.1. The van der Waals surface area contributed by atoms with Crippen molar-refractivity contribution in [3.05, 3.63) is 33.5 Å². The van der Waals surface area contributed by atoms with E-state index in [-0.39, 0.29) is 12.6 Å². The van der Waals surface area contributed by atoms with Crippen LogP contribution in [0.3, 0.4) is 0 Å². The summed E-state index contributed by atoms with van der Waals surface area (Å²) < 4.78 is 8.28. The molecule has 4 atom stereocenters. The number of aliphatic hydroxyl groups is 1. The number of rotatable bonds is 5. The minimum Gasteiger partial charge on any atom is -0.389 e. The van der Waals surface area contributed by atoms with Crippen molar-refractivity contribution in [2.75, 3.05) is 37.3 Å². The number of carbonyl (C=O) groups is 1. The number of nitriles is 1. The number of hydrogen-bond donors (Lipinski definition) is 3. The van der Waals surface area contributed by atoms with E-state index in [0.717, 1.165) is 85.1 Å². The van der Waals surface area contributed by atoms with Crippen LogP contribution < -0.4 is 16.4 Å². The molecule has 14 heteroatoms. The highest BCUT2D eigenvalue weighted by atomic mass is 32.1. The van der Waals surface area contributed by atoms with Gasteiger partial charge in [0.1, 0.15) is 16.9 Å². The number of carbonyl (C=O) groups excluding carboxylic acids is 1. The molecule has 6 heterocycles. The van der Waals surface area contributed by atoms with E-state index in [9.17, 15) is 15.2 Å². The summed E-state index contributed by atoms with van der Waals surface area (Å²) in [7, 11) is 2.15. The normalized spacial score (nSPS) is 26.8. The summed E-state index contributed by atoms with van der Waals surface area (Å²) >= 11 is 1.52. The maximum Gasteiger partial charge on any atom is 0.251 e. The number of piperidine rings is 1. The molecule has 8 rings (SSSR count). The van der Waals surface area contributed by atoms with Crippen molar-refractivity contribution in [2.45, 2.75) is 94.2 Å². The molecule has 47 heavy (non-hydrogen) atoms. The summed E-state index contributed by atoms with van der Waals surface area (Å²) in [5.41, 5.74) is 13.7. The molecule has 2 aliphatic carbocycles. The van der Waals surface area contributed by atoms with Crippen LogP contribution in [-0.4, -0.2) is 79.1 Å². The number of amides is 1. The third-order valence-electron chi connectivity index (χ3n) is 11.3. The number of β-amino-alcohol motifs (C(OH)–C–C–N with tert-alkyl or cyclic N) is 1. The van der Waals surface area contributed by atoms with Gasteiger partial charge in [0.15, 0.2) is 28.5 Å². The molecule has 1 amide bonds. The van der Waals surface area contributed by atoms with E-state index in [1.807, 2.05) is 9.58 Å². The zero-order chi connectivity index (χ0) is 32.7. The topological polar surface area (TPSA) is 189 Å². The van der Waals surface area contributed by atoms with Gasteiger partial charge in [-0.05, 0) is 90.3 Å². The van der Waals surface area contributed by atoms with Crippen molar-refractivity contribution >= 4 is 39.1 Å². The average Bonchev–Trinajstić information content (AvgIpc) is 3.85. The van der Waals surface area contributed by atoms with Crippen LogP contribution in [-0.2, 0) is 23.1 Å². The Balaban J connectivity index is 1.30. The Morgan fingerprint density at radius 2 is 2.00 bits per heavy atom. The van der Waals surface area contributed by atoms with E-state index >= 15 is 0 Å². The van der Waals surface area contributed by atoms with E-state index < -0.39 is 16.9 Å². The molecule has 2 aliphatic heterocycles. The average molecular weight is 657 g/mol. The summed E-state index contributed by atoms with van der Waals surface area (Å²) in [4.78, 5) is 28.0. The number of likely N-dealkylation sites (N-methyl/N-ethyl adjacent to an activating group) is 1. The third-order valence-corrected chi connectivity index (χ3v) is 12.3. The summed E-state index contributed by atoms with van der Waals surface area (Å²) in [5.74, 6) is 1.05. The number of nitrogens with zero attached hydrogens (tertiary/aromatic N) is 8. The lowest BCUT2D eigenvalue weighted by atomic mass is 9.63. The Labute approximate surface area is 276 Å². The van der Waals surface area contributed by atoms with Gasteiger partial charge in [0.05, 0.1) is 35.1 Å². The van der Waals surface area contributed by atoms with Crippen molar-refractivity contribution in [1.29, 1.82) is 5.26 Å². The zero-order valence-corrected chi connectivity index (χ0v) is 27.6. The lowest BCUT2D eigenvalue weighted by molar-refractivity contribution is -0.137. The first-order valence-electron chi connectivity index (χ1n) is 16.7. The second-order valence-electron chi connectivity index (χ2n) is 13.9. The molecular weight excluding hydrogens is 616 g/mol. The van der Waals surface area contributed by atoms with Crippen LogP contribution in [0.2, 0.25) is 0 Å². The van der Waals surface area contributed by atoms with Crippen LogP contribution in [0.1, 0.15) is 91.7 Å². The van der Waals surface area contributed by atoms with Gasteiger partial charge in [0.2, 0.25) is 0 Å². The Kier molecular flexibility index (Phi) is 7.09. The number of aromatic nitrogens is 5. The van der Waals surface area contributed by atoms with E-state index in [2.05, 4.69) is 30.1 Å². The maximum atomic E-state index is 12.3. The summed E-state index contributed by atoms with van der Waals surface area (Å²) in [6, 6.07) is 2.74. The standard InChI is InChI=1S/C33H40N10O3S/c1-18(22-8-5-13-41(22)2)43-30-21(16-37-43)29(42-14-6-12-33(45,17-42)31(36)44)38-28(39-30)25-19-7-3-10-32(26(19)46-40-25)11-4-9-23-24(32)20(15-34)27(35)47-23/h16,18,22,45H,3-14,17,35H2,1-2H3,(H2,36,44)/t18-,22-,32-,33+/m0/s1. The zero-order valence-electron chi connectivity index (χ0n) is 26.8. The lowest BCUT2D eigenvalue weighted by Crippen LogP contribution is -2.56. The second kappa shape index (κ2) is 11.0. The van der Waals surface area contributed by atoms with E-state index in [1.54, 1.807) is 6.20 Å². The molecular formula is C33H40N10O3S. The molecule has 13 nitrogen and oxygen atoms in total. The largest absolute Gasteiger partial charge is 0.389 e. The smallest absolute Gasteiger partial charge is 0.251 e. The van der Waals surface area contributed by atoms with E-state index in [1.165, 1.54) is 11.3 Å². The van der Waals surface area contributed by atoms with Crippen LogP contribution in [0, 0.1) is 11.3 Å². The number of primary amides is 1. The fourth-order valence-electron chi connectivity index (χ4n) is 8.90. The molecule has 2 fully saturated rings. The highest BCUT2D eigenvalue weighted by Gasteiger charge is 2.49. The van der Waals surface area contributed by atoms with Gasteiger partial charge in [-0.3, -0.25) is 4.79 Å². The monoisotopic (exact) mass is 656 g/mol. The van der Waals surface area contributed by atoms with Crippen molar-refractivity contribution in [3.8, 4) is 17.6 Å². The molecule has 2 saturated heterocycles. The molecule has 0 aromatic carbocycles. The van der Waals surface area contributed by atoms with Crippen LogP contribution in [0.15, 0.2) is 10.7 Å². The van der Waals surface area contributed by atoms with Gasteiger partial charge in [-0.25, -0.2) is 14.6 Å². The van der Waals surface area contributed by atoms with E-state index in [0.29, 0.717) is 59.0 Å². The first-order chi connectivity index (χ1) is 22.6. The van der Waals surface area contributed by atoms with Crippen LogP contribution >= 0.6 is 11.3 Å². The number of thiophene rings is 1. The molecule has 0 radical (unpaired) electrons. The third kappa shape index (κ3) is 4.50. The number of likely N-dealkylation sites (tertiary alicyclic amines) is 1. The van der Waals surface area contributed by atoms with Crippen molar-refractivity contribution in [1.82, 2.24) is 29.8 Å². The summed E-state index contributed by atoms with van der Waals surface area (Å²) in [5, 5.41) is 32.1. The summed E-state index contributed by atoms with van der Waals surface area (Å²) in [6.45, 7) is 3.83. The molecule has 1 spiro atoms. The van der Waals surface area contributed by atoms with Gasteiger partial charge < -0.3 is 30.9 Å². The lowest BCUT2D eigenvalue weighted by Gasteiger charge is -2.39. The Morgan fingerprint density at radius 1 is 1.19 bits per heavy atom. The maximum absolute atomic E-state index is 12.3. The second-order valence-corrected chi connectivity index (χ2v) is 15.1. The molecule has 4 aliphatic rings. The predicted octanol–water partition coefficient (Wildman–Crippen LogP) is 3.43.